The third-order valence-electron chi connectivity index (χ3n) is 6.59. The minimum absolute atomic E-state index is 0.162. The molecule has 15 nitrogen and oxygen atoms in total. The number of carbonyl (C=O) groups is 3. The molecule has 4 heterocycles. The van der Waals surface area contributed by atoms with E-state index in [2.05, 4.69) is 15.4 Å². The molecule has 2 aliphatic heterocycles. The van der Waals surface area contributed by atoms with E-state index in [-0.39, 0.29) is 18.7 Å². The van der Waals surface area contributed by atoms with Gasteiger partial charge in [-0.25, -0.2) is 9.50 Å². The fourth-order valence-electron chi connectivity index (χ4n) is 4.63. The van der Waals surface area contributed by atoms with E-state index in [0.29, 0.717) is 37.3 Å². The number of rotatable bonds is 10. The predicted octanol–water partition coefficient (Wildman–Crippen LogP) is 0.183. The Bertz CT molecular complexity index is 1270. The summed E-state index contributed by atoms with van der Waals surface area (Å²) in [5.74, 6) is -1.65. The molecule has 0 radical (unpaired) electrons. The van der Waals surface area contributed by atoms with Crippen molar-refractivity contribution >= 4 is 29.2 Å². The lowest BCUT2D eigenvalue weighted by molar-refractivity contribution is -0.168. The fraction of sp³-hybridized carbons (Fsp3) is 0.600. The van der Waals surface area contributed by atoms with Gasteiger partial charge in [-0.1, -0.05) is 0 Å². The first kappa shape index (κ1) is 29.2. The van der Waals surface area contributed by atoms with Crippen molar-refractivity contribution in [1.82, 2.24) is 19.9 Å². The summed E-state index contributed by atoms with van der Waals surface area (Å²) in [7, 11) is 0. The number of nitrogens with zero attached hydrogens (tertiary/aromatic N) is 4. The molecule has 4 rings (SSSR count). The quantitative estimate of drug-likeness (QED) is 0.173. The van der Waals surface area contributed by atoms with Crippen molar-refractivity contribution in [2.24, 2.45) is 0 Å². The second kappa shape index (κ2) is 12.6. The van der Waals surface area contributed by atoms with E-state index < -0.39 is 54.5 Å². The average Bonchev–Trinajstić information content (AvgIpc) is 3.47. The van der Waals surface area contributed by atoms with Crippen molar-refractivity contribution < 1.29 is 42.8 Å². The van der Waals surface area contributed by atoms with E-state index >= 15 is 0 Å². The summed E-state index contributed by atoms with van der Waals surface area (Å²) in [5, 5.41) is 17.3. The van der Waals surface area contributed by atoms with Gasteiger partial charge >= 0.3 is 17.9 Å². The van der Waals surface area contributed by atoms with Gasteiger partial charge in [0.15, 0.2) is 18.0 Å². The van der Waals surface area contributed by atoms with Gasteiger partial charge in [-0.3, -0.25) is 19.7 Å². The minimum atomic E-state index is -1.88. The number of hydrogen-bond acceptors (Lipinski definition) is 14. The zero-order chi connectivity index (χ0) is 28.9. The van der Waals surface area contributed by atoms with Gasteiger partial charge in [0.2, 0.25) is 5.60 Å². The number of aromatic nitrogens is 3. The number of nitriles is 1. The molecular weight excluding hydrogens is 528 g/mol. The lowest BCUT2D eigenvalue weighted by Gasteiger charge is -2.28. The average molecular weight is 561 g/mol. The number of nitrogens with one attached hydrogen (secondary N) is 1. The molecule has 2 fully saturated rings. The maximum atomic E-state index is 12.4. The monoisotopic (exact) mass is 560 g/mol. The molecule has 40 heavy (non-hydrogen) atoms. The van der Waals surface area contributed by atoms with Crippen LogP contribution in [0.25, 0.3) is 5.52 Å². The van der Waals surface area contributed by atoms with E-state index in [1.54, 1.807) is 19.1 Å². The van der Waals surface area contributed by atoms with Crippen molar-refractivity contribution in [2.45, 2.75) is 69.7 Å². The summed E-state index contributed by atoms with van der Waals surface area (Å²) in [5.41, 5.74) is 4.91. The summed E-state index contributed by atoms with van der Waals surface area (Å²) in [4.78, 5) is 40.5. The number of nitrogens with two attached hydrogens (primary N) is 1. The van der Waals surface area contributed by atoms with E-state index in [9.17, 15) is 19.6 Å². The molecule has 0 unspecified atom stereocenters. The van der Waals surface area contributed by atoms with Crippen molar-refractivity contribution in [3.8, 4) is 6.07 Å². The second-order valence-corrected chi connectivity index (χ2v) is 9.51. The lowest BCUT2D eigenvalue weighted by Crippen LogP contribution is -2.50. The topological polar surface area (TPSA) is 199 Å². The molecule has 2 aromatic heterocycles. The standard InChI is InChI=1S/C25H32N6O9/c1-14(24(34)39-17-6-8-35-9-7-17)29-13-36-11-25(10-26)22(38-16(3)33)21(37-15(2)32)20(40-25)18-4-5-19-23(27)28-12-30-31(18)19/h4-5,12,14,17,20-22,29H,6-9,11,13H2,1-3H3,(H2,27,28,30)/t14-,20-,21-,22-,25+/m0/s1. The Hall–Kier alpha value is -3.84. The number of anilines is 1. The van der Waals surface area contributed by atoms with Crippen LogP contribution in [0.15, 0.2) is 18.5 Å². The van der Waals surface area contributed by atoms with Crippen LogP contribution < -0.4 is 11.1 Å². The number of esters is 3. The van der Waals surface area contributed by atoms with Gasteiger partial charge in [-0.2, -0.15) is 10.4 Å². The Balaban J connectivity index is 1.50. The SMILES string of the molecule is CC(=O)O[C@H]1[C@H](c2ccc3c(N)ncnn23)O[C@](C#N)(COCN[C@@H](C)C(=O)OC2CCOCC2)[C@H]1OC(C)=O. The van der Waals surface area contributed by atoms with Crippen LogP contribution in [0.2, 0.25) is 0 Å². The van der Waals surface area contributed by atoms with Crippen LogP contribution in [-0.2, 0) is 42.8 Å². The number of nitrogen functional groups attached to an aromatic ring is 1. The van der Waals surface area contributed by atoms with E-state index in [0.717, 1.165) is 6.92 Å². The van der Waals surface area contributed by atoms with Gasteiger partial charge in [-0.15, -0.1) is 0 Å². The minimum Gasteiger partial charge on any atom is -0.461 e. The third kappa shape index (κ3) is 6.31. The number of carbonyl (C=O) groups excluding carboxylic acids is 3. The highest BCUT2D eigenvalue weighted by Gasteiger charge is 2.61. The fourth-order valence-corrected chi connectivity index (χ4v) is 4.63. The predicted molar refractivity (Wildman–Crippen MR) is 134 cm³/mol. The molecule has 0 amide bonds. The van der Waals surface area contributed by atoms with Crippen LogP contribution in [0, 0.1) is 11.3 Å². The van der Waals surface area contributed by atoms with Crippen LogP contribution in [0.4, 0.5) is 5.82 Å². The Morgan fingerprint density at radius 2 is 1.95 bits per heavy atom. The molecule has 15 heteroatoms. The van der Waals surface area contributed by atoms with E-state index in [1.165, 1.54) is 17.8 Å². The molecule has 0 spiro atoms. The van der Waals surface area contributed by atoms with Gasteiger partial charge in [0.25, 0.3) is 0 Å². The Labute approximate surface area is 229 Å². The van der Waals surface area contributed by atoms with E-state index in [1.807, 2.05) is 6.07 Å². The van der Waals surface area contributed by atoms with Crippen LogP contribution in [-0.4, -0.2) is 89.0 Å². The number of hydrogen-bond donors (Lipinski definition) is 2. The first-order valence-corrected chi connectivity index (χ1v) is 12.8. The van der Waals surface area contributed by atoms with Gasteiger partial charge in [0.05, 0.1) is 32.2 Å². The molecule has 5 atom stereocenters. The van der Waals surface area contributed by atoms with Gasteiger partial charge < -0.3 is 34.2 Å². The molecule has 2 saturated heterocycles. The van der Waals surface area contributed by atoms with Crippen LogP contribution in [0.1, 0.15) is 45.4 Å². The van der Waals surface area contributed by atoms with Crippen molar-refractivity contribution in [2.75, 3.05) is 32.3 Å². The molecule has 0 aromatic carbocycles. The third-order valence-corrected chi connectivity index (χ3v) is 6.59. The summed E-state index contributed by atoms with van der Waals surface area (Å²) in [6, 6.07) is 4.62. The van der Waals surface area contributed by atoms with E-state index in [4.69, 9.17) is 34.2 Å². The molecular formula is C25H32N6O9. The highest BCUT2D eigenvalue weighted by molar-refractivity contribution is 5.75. The summed E-state index contributed by atoms with van der Waals surface area (Å²) < 4.78 is 35.1. The molecule has 0 bridgehead atoms. The Morgan fingerprint density at radius 3 is 2.62 bits per heavy atom. The highest BCUT2D eigenvalue weighted by Crippen LogP contribution is 2.44. The van der Waals surface area contributed by atoms with Crippen molar-refractivity contribution in [1.29, 1.82) is 5.26 Å². The molecule has 2 aliphatic rings. The smallest absolute Gasteiger partial charge is 0.323 e. The van der Waals surface area contributed by atoms with Gasteiger partial charge in [-0.05, 0) is 19.1 Å². The normalized spacial score (nSPS) is 25.7. The van der Waals surface area contributed by atoms with Crippen LogP contribution >= 0.6 is 0 Å². The van der Waals surface area contributed by atoms with Crippen molar-refractivity contribution in [3.05, 3.63) is 24.2 Å². The molecule has 0 saturated carbocycles. The zero-order valence-corrected chi connectivity index (χ0v) is 22.4. The number of fused-ring (bicyclic) bond motifs is 1. The Kier molecular flexibility index (Phi) is 9.15. The molecule has 3 N–H and O–H groups in total. The lowest BCUT2D eigenvalue weighted by atomic mass is 9.95. The highest BCUT2D eigenvalue weighted by atomic mass is 16.7. The second-order valence-electron chi connectivity index (χ2n) is 9.51. The van der Waals surface area contributed by atoms with Gasteiger partial charge in [0, 0.05) is 26.7 Å². The Morgan fingerprint density at radius 1 is 1.23 bits per heavy atom. The first-order valence-electron chi connectivity index (χ1n) is 12.8. The zero-order valence-electron chi connectivity index (χ0n) is 22.4. The first-order chi connectivity index (χ1) is 19.1. The summed E-state index contributed by atoms with van der Waals surface area (Å²) in [6.07, 6.45) is -1.36. The molecule has 2 aromatic rings. The van der Waals surface area contributed by atoms with Gasteiger partial charge in [0.1, 0.15) is 36.2 Å². The number of ether oxygens (including phenoxy) is 6. The molecule has 0 aliphatic carbocycles. The van der Waals surface area contributed by atoms with Crippen LogP contribution in [0.5, 0.6) is 0 Å². The van der Waals surface area contributed by atoms with Crippen LogP contribution in [0.3, 0.4) is 0 Å². The molecule has 216 valence electrons. The maximum Gasteiger partial charge on any atom is 0.323 e. The summed E-state index contributed by atoms with van der Waals surface area (Å²) >= 11 is 0. The van der Waals surface area contributed by atoms with Crippen molar-refractivity contribution in [3.63, 3.8) is 0 Å². The maximum absolute atomic E-state index is 12.4. The summed E-state index contributed by atoms with van der Waals surface area (Å²) in [6.45, 7) is 4.49. The largest absolute Gasteiger partial charge is 0.461 e.